The van der Waals surface area contributed by atoms with E-state index in [1.165, 1.54) is 0 Å². The van der Waals surface area contributed by atoms with E-state index in [-0.39, 0.29) is 17.8 Å². The van der Waals surface area contributed by atoms with E-state index < -0.39 is 0 Å². The Hall–Kier alpha value is -1.30. The third-order valence-corrected chi connectivity index (χ3v) is 3.17. The Morgan fingerprint density at radius 3 is 3.00 bits per heavy atom. The molecule has 4 N–H and O–H groups in total. The molecule has 1 aliphatic rings. The zero-order chi connectivity index (χ0) is 12.8. The van der Waals surface area contributed by atoms with Gasteiger partial charge in [0.1, 0.15) is 5.84 Å². The Bertz CT molecular complexity index is 293. The summed E-state index contributed by atoms with van der Waals surface area (Å²) >= 11 is 0. The molecule has 6 heteroatoms. The molecule has 0 saturated carbocycles. The van der Waals surface area contributed by atoms with Gasteiger partial charge in [-0.3, -0.25) is 4.79 Å². The number of carbonyl (C=O) groups excluding carboxylic acids is 1. The van der Waals surface area contributed by atoms with Crippen molar-refractivity contribution in [2.24, 2.45) is 10.9 Å². The minimum atomic E-state index is 0.192. The van der Waals surface area contributed by atoms with Gasteiger partial charge in [-0.1, -0.05) is 12.1 Å². The number of rotatable bonds is 5. The van der Waals surface area contributed by atoms with Crippen LogP contribution in [0.15, 0.2) is 5.16 Å². The van der Waals surface area contributed by atoms with Gasteiger partial charge in [-0.2, -0.15) is 0 Å². The van der Waals surface area contributed by atoms with E-state index >= 15 is 0 Å². The van der Waals surface area contributed by atoms with Crippen molar-refractivity contribution in [3.05, 3.63) is 0 Å². The number of likely N-dealkylation sites (N-methyl/N-ethyl adjacent to an activating group) is 1. The first-order valence-corrected chi connectivity index (χ1v) is 6.03. The quantitative estimate of drug-likeness (QED) is 0.276. The van der Waals surface area contributed by atoms with Crippen molar-refractivity contribution < 1.29 is 10.0 Å². The molecule has 0 aliphatic carbocycles. The standard InChI is InChI=1S/C11H22N4O2/c1-3-8(6-10(12)14-17)13-9-4-5-11(16)15(2)7-9/h8-9,13,17H,3-7H2,1-2H3,(H2,12,14). The molecule has 1 fully saturated rings. The number of amides is 1. The van der Waals surface area contributed by atoms with E-state index in [2.05, 4.69) is 17.4 Å². The van der Waals surface area contributed by atoms with Gasteiger partial charge in [0.15, 0.2) is 0 Å². The monoisotopic (exact) mass is 242 g/mol. The van der Waals surface area contributed by atoms with Crippen LogP contribution >= 0.6 is 0 Å². The van der Waals surface area contributed by atoms with Crippen molar-refractivity contribution in [3.8, 4) is 0 Å². The Kier molecular flexibility index (Phi) is 5.21. The van der Waals surface area contributed by atoms with Crippen LogP contribution < -0.4 is 11.1 Å². The Labute approximate surface area is 102 Å². The highest BCUT2D eigenvalue weighted by atomic mass is 16.4. The minimum Gasteiger partial charge on any atom is -0.409 e. The van der Waals surface area contributed by atoms with Crippen LogP contribution in [0.1, 0.15) is 32.6 Å². The maximum absolute atomic E-state index is 11.3. The fourth-order valence-corrected chi connectivity index (χ4v) is 2.10. The van der Waals surface area contributed by atoms with Crippen LogP contribution in [0.4, 0.5) is 0 Å². The molecule has 0 aromatic rings. The number of carbonyl (C=O) groups is 1. The number of amidine groups is 1. The SMILES string of the molecule is CCC(CC(N)=NO)NC1CCC(=O)N(C)C1. The third-order valence-electron chi connectivity index (χ3n) is 3.17. The predicted molar refractivity (Wildman–Crippen MR) is 65.9 cm³/mol. The van der Waals surface area contributed by atoms with Crippen molar-refractivity contribution in [2.75, 3.05) is 13.6 Å². The van der Waals surface area contributed by atoms with Crippen molar-refractivity contribution >= 4 is 11.7 Å². The Morgan fingerprint density at radius 1 is 1.76 bits per heavy atom. The van der Waals surface area contributed by atoms with Crippen LogP contribution in [-0.4, -0.2) is 47.5 Å². The third kappa shape index (κ3) is 4.22. The Morgan fingerprint density at radius 2 is 2.47 bits per heavy atom. The molecule has 1 rings (SSSR count). The van der Waals surface area contributed by atoms with Gasteiger partial charge in [-0.25, -0.2) is 0 Å². The highest BCUT2D eigenvalue weighted by Crippen LogP contribution is 2.11. The lowest BCUT2D eigenvalue weighted by molar-refractivity contribution is -0.132. The van der Waals surface area contributed by atoms with Gasteiger partial charge in [0, 0.05) is 38.5 Å². The number of nitrogens with zero attached hydrogens (tertiary/aromatic N) is 2. The molecule has 2 atom stereocenters. The summed E-state index contributed by atoms with van der Waals surface area (Å²) in [6, 6.07) is 0.492. The molecule has 0 aromatic carbocycles. The first kappa shape index (κ1) is 13.8. The van der Waals surface area contributed by atoms with Crippen molar-refractivity contribution in [1.82, 2.24) is 10.2 Å². The second-order valence-electron chi connectivity index (χ2n) is 4.58. The van der Waals surface area contributed by atoms with Gasteiger partial charge in [-0.05, 0) is 12.8 Å². The summed E-state index contributed by atoms with van der Waals surface area (Å²) in [7, 11) is 1.82. The highest BCUT2D eigenvalue weighted by molar-refractivity contribution is 5.80. The van der Waals surface area contributed by atoms with Gasteiger partial charge in [0.25, 0.3) is 0 Å². The average Bonchev–Trinajstić information content (AvgIpc) is 2.32. The smallest absolute Gasteiger partial charge is 0.222 e. The number of nitrogens with one attached hydrogen (secondary N) is 1. The normalized spacial score (nSPS) is 23.9. The molecular formula is C11H22N4O2. The van der Waals surface area contributed by atoms with Crippen molar-refractivity contribution in [1.29, 1.82) is 0 Å². The maximum atomic E-state index is 11.3. The molecule has 1 saturated heterocycles. The number of oxime groups is 1. The largest absolute Gasteiger partial charge is 0.409 e. The van der Waals surface area contributed by atoms with Crippen LogP contribution in [0, 0.1) is 0 Å². The van der Waals surface area contributed by atoms with E-state index in [1.807, 2.05) is 7.05 Å². The van der Waals surface area contributed by atoms with Gasteiger partial charge < -0.3 is 21.2 Å². The number of nitrogens with two attached hydrogens (primary N) is 1. The highest BCUT2D eigenvalue weighted by Gasteiger charge is 2.24. The molecule has 2 unspecified atom stereocenters. The topological polar surface area (TPSA) is 91.0 Å². The van der Waals surface area contributed by atoms with Crippen molar-refractivity contribution in [2.45, 2.75) is 44.7 Å². The van der Waals surface area contributed by atoms with Gasteiger partial charge in [0.2, 0.25) is 5.91 Å². The molecule has 0 bridgehead atoms. The number of likely N-dealkylation sites (tertiary alicyclic amines) is 1. The van der Waals surface area contributed by atoms with Gasteiger partial charge >= 0.3 is 0 Å². The molecule has 0 aromatic heterocycles. The first-order valence-electron chi connectivity index (χ1n) is 6.03. The van der Waals surface area contributed by atoms with E-state index in [9.17, 15) is 4.79 Å². The molecule has 0 radical (unpaired) electrons. The second kappa shape index (κ2) is 6.44. The maximum Gasteiger partial charge on any atom is 0.222 e. The molecule has 1 amide bonds. The zero-order valence-corrected chi connectivity index (χ0v) is 10.5. The molecule has 0 spiro atoms. The second-order valence-corrected chi connectivity index (χ2v) is 4.58. The number of hydrogen-bond donors (Lipinski definition) is 3. The van der Waals surface area contributed by atoms with E-state index in [4.69, 9.17) is 10.9 Å². The fraction of sp³-hybridized carbons (Fsp3) is 0.818. The summed E-state index contributed by atoms with van der Waals surface area (Å²) < 4.78 is 0. The fourth-order valence-electron chi connectivity index (χ4n) is 2.10. The van der Waals surface area contributed by atoms with Crippen LogP contribution in [0.25, 0.3) is 0 Å². The summed E-state index contributed by atoms with van der Waals surface area (Å²) in [5.41, 5.74) is 5.50. The lowest BCUT2D eigenvalue weighted by Gasteiger charge is -2.32. The lowest BCUT2D eigenvalue weighted by Crippen LogP contribution is -2.50. The Balaban J connectivity index is 2.43. The molecular weight excluding hydrogens is 220 g/mol. The predicted octanol–water partition coefficient (Wildman–Crippen LogP) is 0.112. The minimum absolute atomic E-state index is 0.192. The van der Waals surface area contributed by atoms with Crippen LogP contribution in [-0.2, 0) is 4.79 Å². The molecule has 6 nitrogen and oxygen atoms in total. The van der Waals surface area contributed by atoms with Gasteiger partial charge in [-0.15, -0.1) is 0 Å². The summed E-state index contributed by atoms with van der Waals surface area (Å²) in [6.45, 7) is 2.78. The van der Waals surface area contributed by atoms with Crippen molar-refractivity contribution in [3.63, 3.8) is 0 Å². The number of piperidine rings is 1. The van der Waals surface area contributed by atoms with Crippen LogP contribution in [0.3, 0.4) is 0 Å². The summed E-state index contributed by atoms with van der Waals surface area (Å²) in [6.07, 6.45) is 2.88. The summed E-state index contributed by atoms with van der Waals surface area (Å²) in [5, 5.41) is 15.0. The number of hydrogen-bond acceptors (Lipinski definition) is 4. The van der Waals surface area contributed by atoms with Crippen LogP contribution in [0.2, 0.25) is 0 Å². The van der Waals surface area contributed by atoms with Gasteiger partial charge in [0.05, 0.1) is 0 Å². The molecule has 1 aliphatic heterocycles. The lowest BCUT2D eigenvalue weighted by atomic mass is 10.0. The van der Waals surface area contributed by atoms with E-state index in [1.54, 1.807) is 4.90 Å². The summed E-state index contributed by atoms with van der Waals surface area (Å²) in [5.74, 6) is 0.442. The van der Waals surface area contributed by atoms with Crippen LogP contribution in [0.5, 0.6) is 0 Å². The zero-order valence-electron chi connectivity index (χ0n) is 10.5. The molecule has 1 heterocycles. The molecule has 17 heavy (non-hydrogen) atoms. The summed E-state index contributed by atoms with van der Waals surface area (Å²) in [4.78, 5) is 13.1. The van der Waals surface area contributed by atoms with E-state index in [0.717, 1.165) is 19.4 Å². The average molecular weight is 242 g/mol. The van der Waals surface area contributed by atoms with E-state index in [0.29, 0.717) is 18.9 Å². The molecule has 98 valence electrons. The first-order chi connectivity index (χ1) is 8.06.